The molecule has 10 heavy (non-hydrogen) atoms. The van der Waals surface area contributed by atoms with E-state index in [1.165, 1.54) is 5.57 Å². The number of hydrogen-bond donors (Lipinski definition) is 2. The van der Waals surface area contributed by atoms with Crippen LogP contribution in [-0.4, -0.2) is 12.6 Å². The highest BCUT2D eigenvalue weighted by Crippen LogP contribution is 1.98. The monoisotopic (exact) mass is 142 g/mol. The number of hydrogen-bond acceptors (Lipinski definition) is 2. The highest BCUT2D eigenvalue weighted by atomic mass is 14.6. The van der Waals surface area contributed by atoms with Crippen molar-refractivity contribution in [2.24, 2.45) is 11.5 Å². The second-order valence-corrected chi connectivity index (χ2v) is 2.85. The normalized spacial score (nSPS) is 12.8. The molecule has 0 bridgehead atoms. The van der Waals surface area contributed by atoms with Crippen LogP contribution >= 0.6 is 0 Å². The third-order valence-corrected chi connectivity index (χ3v) is 1.37. The van der Waals surface area contributed by atoms with E-state index in [2.05, 4.69) is 19.9 Å². The molecule has 2 nitrogen and oxygen atoms in total. The van der Waals surface area contributed by atoms with Crippen molar-refractivity contribution in [1.82, 2.24) is 0 Å². The van der Waals surface area contributed by atoms with E-state index in [9.17, 15) is 0 Å². The van der Waals surface area contributed by atoms with Gasteiger partial charge in [0.25, 0.3) is 0 Å². The zero-order valence-electron chi connectivity index (χ0n) is 6.93. The molecule has 0 aliphatic heterocycles. The largest absolute Gasteiger partial charge is 0.330 e. The molecule has 1 atom stereocenters. The van der Waals surface area contributed by atoms with Crippen molar-refractivity contribution in [3.63, 3.8) is 0 Å². The third kappa shape index (κ3) is 5.79. The van der Waals surface area contributed by atoms with Crippen molar-refractivity contribution < 1.29 is 0 Å². The molecule has 0 radical (unpaired) electrons. The molecule has 0 aromatic heterocycles. The van der Waals surface area contributed by atoms with Crippen molar-refractivity contribution in [1.29, 1.82) is 0 Å². The second kappa shape index (κ2) is 5.45. The van der Waals surface area contributed by atoms with Crippen LogP contribution in [0.2, 0.25) is 0 Å². The summed E-state index contributed by atoms with van der Waals surface area (Å²) in [7, 11) is 0. The fourth-order valence-electron chi connectivity index (χ4n) is 0.719. The lowest BCUT2D eigenvalue weighted by Gasteiger charge is -2.05. The van der Waals surface area contributed by atoms with Crippen LogP contribution in [0.15, 0.2) is 11.6 Å². The molecule has 0 fully saturated rings. The van der Waals surface area contributed by atoms with Gasteiger partial charge in [0.1, 0.15) is 0 Å². The van der Waals surface area contributed by atoms with Crippen LogP contribution in [-0.2, 0) is 0 Å². The van der Waals surface area contributed by atoms with Crippen molar-refractivity contribution in [3.05, 3.63) is 11.6 Å². The van der Waals surface area contributed by atoms with Gasteiger partial charge in [0.2, 0.25) is 0 Å². The molecule has 0 amide bonds. The average molecular weight is 142 g/mol. The van der Waals surface area contributed by atoms with E-state index >= 15 is 0 Å². The molecule has 0 aliphatic carbocycles. The van der Waals surface area contributed by atoms with Gasteiger partial charge in [-0.05, 0) is 33.2 Å². The topological polar surface area (TPSA) is 52.0 Å². The number of rotatable bonds is 4. The maximum atomic E-state index is 5.71. The molecule has 0 rings (SSSR count). The van der Waals surface area contributed by atoms with E-state index in [-0.39, 0.29) is 6.04 Å². The van der Waals surface area contributed by atoms with Gasteiger partial charge in [-0.25, -0.2) is 0 Å². The lowest BCUT2D eigenvalue weighted by molar-refractivity contribution is 0.628. The summed E-state index contributed by atoms with van der Waals surface area (Å²) in [5, 5.41) is 0. The van der Waals surface area contributed by atoms with Crippen LogP contribution in [0.1, 0.15) is 26.7 Å². The summed E-state index contributed by atoms with van der Waals surface area (Å²) in [6, 6.07) is 0.250. The summed E-state index contributed by atoms with van der Waals surface area (Å²) in [5.41, 5.74) is 12.4. The minimum absolute atomic E-state index is 0.250. The summed E-state index contributed by atoms with van der Waals surface area (Å²) in [6.45, 7) is 4.85. The Labute approximate surface area is 63.3 Å². The number of allylic oxidation sites excluding steroid dienone is 1. The molecule has 0 saturated carbocycles. The fourth-order valence-corrected chi connectivity index (χ4v) is 0.719. The Morgan fingerprint density at radius 1 is 1.50 bits per heavy atom. The van der Waals surface area contributed by atoms with E-state index in [1.54, 1.807) is 0 Å². The molecule has 0 spiro atoms. The molecule has 0 heterocycles. The van der Waals surface area contributed by atoms with Gasteiger partial charge in [0.15, 0.2) is 0 Å². The van der Waals surface area contributed by atoms with Gasteiger partial charge in [-0.3, -0.25) is 0 Å². The Bertz CT molecular complexity index is 104. The van der Waals surface area contributed by atoms with E-state index in [0.29, 0.717) is 6.54 Å². The quantitative estimate of drug-likeness (QED) is 0.576. The molecule has 1 unspecified atom stereocenters. The van der Waals surface area contributed by atoms with E-state index in [1.807, 2.05) is 0 Å². The van der Waals surface area contributed by atoms with Crippen molar-refractivity contribution in [2.45, 2.75) is 32.7 Å². The van der Waals surface area contributed by atoms with E-state index in [4.69, 9.17) is 11.5 Å². The standard InChI is InChI=1S/C8H18N2/c1-7(2)3-4-8(10)5-6-9/h3,8H,4-6,9-10H2,1-2H3. The van der Waals surface area contributed by atoms with Gasteiger partial charge < -0.3 is 11.5 Å². The van der Waals surface area contributed by atoms with Crippen LogP contribution in [0.5, 0.6) is 0 Å². The van der Waals surface area contributed by atoms with Gasteiger partial charge in [0.05, 0.1) is 0 Å². The van der Waals surface area contributed by atoms with Crippen LogP contribution in [0.25, 0.3) is 0 Å². The minimum atomic E-state index is 0.250. The first-order chi connectivity index (χ1) is 4.66. The van der Waals surface area contributed by atoms with Gasteiger partial charge in [-0.15, -0.1) is 0 Å². The lowest BCUT2D eigenvalue weighted by Crippen LogP contribution is -2.22. The molecule has 0 aromatic rings. The van der Waals surface area contributed by atoms with Crippen LogP contribution in [0.4, 0.5) is 0 Å². The highest BCUT2D eigenvalue weighted by molar-refractivity contribution is 4.94. The SMILES string of the molecule is CC(C)=CCC(N)CCN. The Morgan fingerprint density at radius 3 is 2.50 bits per heavy atom. The molecule has 0 aromatic carbocycles. The second-order valence-electron chi connectivity index (χ2n) is 2.85. The Morgan fingerprint density at radius 2 is 2.10 bits per heavy atom. The van der Waals surface area contributed by atoms with Gasteiger partial charge in [-0.2, -0.15) is 0 Å². The maximum Gasteiger partial charge on any atom is 0.00855 e. The summed E-state index contributed by atoms with van der Waals surface area (Å²) in [4.78, 5) is 0. The number of nitrogens with two attached hydrogens (primary N) is 2. The summed E-state index contributed by atoms with van der Waals surface area (Å²) >= 11 is 0. The molecule has 0 saturated heterocycles. The highest BCUT2D eigenvalue weighted by Gasteiger charge is 1.96. The maximum absolute atomic E-state index is 5.71. The molecule has 60 valence electrons. The Kier molecular flexibility index (Phi) is 5.26. The first kappa shape index (κ1) is 9.66. The molecule has 2 heteroatoms. The fraction of sp³-hybridized carbons (Fsp3) is 0.750. The molecule has 4 N–H and O–H groups in total. The predicted molar refractivity (Wildman–Crippen MR) is 45.7 cm³/mol. The Hall–Kier alpha value is -0.340. The summed E-state index contributed by atoms with van der Waals surface area (Å²) < 4.78 is 0. The first-order valence-electron chi connectivity index (χ1n) is 3.76. The third-order valence-electron chi connectivity index (χ3n) is 1.37. The lowest BCUT2D eigenvalue weighted by atomic mass is 10.1. The van der Waals surface area contributed by atoms with Crippen molar-refractivity contribution in [3.8, 4) is 0 Å². The van der Waals surface area contributed by atoms with Gasteiger partial charge >= 0.3 is 0 Å². The summed E-state index contributed by atoms with van der Waals surface area (Å²) in [5.74, 6) is 0. The smallest absolute Gasteiger partial charge is 0.00855 e. The van der Waals surface area contributed by atoms with Crippen LogP contribution < -0.4 is 11.5 Å². The Balaban J connectivity index is 3.38. The molecular weight excluding hydrogens is 124 g/mol. The van der Waals surface area contributed by atoms with E-state index in [0.717, 1.165) is 12.8 Å². The average Bonchev–Trinajstić information content (AvgIpc) is 1.85. The molecular formula is C8H18N2. The summed E-state index contributed by atoms with van der Waals surface area (Å²) in [6.07, 6.45) is 4.03. The van der Waals surface area contributed by atoms with Crippen molar-refractivity contribution >= 4 is 0 Å². The van der Waals surface area contributed by atoms with Crippen molar-refractivity contribution in [2.75, 3.05) is 6.54 Å². The van der Waals surface area contributed by atoms with Gasteiger partial charge in [0, 0.05) is 6.04 Å². The first-order valence-corrected chi connectivity index (χ1v) is 3.76. The van der Waals surface area contributed by atoms with Crippen LogP contribution in [0.3, 0.4) is 0 Å². The molecule has 0 aliphatic rings. The predicted octanol–water partition coefficient (Wildman–Crippen LogP) is 1.02. The minimum Gasteiger partial charge on any atom is -0.330 e. The van der Waals surface area contributed by atoms with Crippen LogP contribution in [0, 0.1) is 0 Å². The zero-order chi connectivity index (χ0) is 7.98. The van der Waals surface area contributed by atoms with E-state index < -0.39 is 0 Å². The zero-order valence-corrected chi connectivity index (χ0v) is 6.93. The van der Waals surface area contributed by atoms with Gasteiger partial charge in [-0.1, -0.05) is 11.6 Å².